The van der Waals surface area contributed by atoms with E-state index in [1.54, 1.807) is 6.33 Å². The van der Waals surface area contributed by atoms with Crippen LogP contribution in [0.15, 0.2) is 24.3 Å². The number of nitrogens with zero attached hydrogens (tertiary/aromatic N) is 4. The summed E-state index contributed by atoms with van der Waals surface area (Å²) in [5.74, 6) is 0.173. The Balaban J connectivity index is 1.82. The van der Waals surface area contributed by atoms with Gasteiger partial charge in [0.1, 0.15) is 11.8 Å². The summed E-state index contributed by atoms with van der Waals surface area (Å²) in [6.07, 6.45) is 6.34. The number of hydrogen-bond acceptors (Lipinski definition) is 6. The molecule has 21 heavy (non-hydrogen) atoms. The molecule has 4 atom stereocenters. The summed E-state index contributed by atoms with van der Waals surface area (Å²) in [6, 6.07) is -0.0285. The maximum absolute atomic E-state index is 10.3. The highest BCUT2D eigenvalue weighted by Gasteiger charge is 2.44. The molecule has 2 aromatic heterocycles. The summed E-state index contributed by atoms with van der Waals surface area (Å²) in [4.78, 5) is 12.5. The average molecular weight is 287 g/mol. The lowest BCUT2D eigenvalue weighted by atomic mass is 9.85. The number of hydrogen-bond donors (Lipinski definition) is 3. The molecular formula is C14H17N5O2. The van der Waals surface area contributed by atoms with Crippen LogP contribution in [0.2, 0.25) is 0 Å². The van der Waals surface area contributed by atoms with Crippen LogP contribution in [0.25, 0.3) is 11.2 Å². The lowest BCUT2D eigenvalue weighted by molar-refractivity contribution is 0.0373. The Morgan fingerprint density at radius 3 is 2.90 bits per heavy atom. The van der Waals surface area contributed by atoms with Crippen LogP contribution in [0, 0.1) is 5.92 Å². The van der Waals surface area contributed by atoms with Crippen LogP contribution < -0.4 is 5.73 Å². The van der Waals surface area contributed by atoms with E-state index in [9.17, 15) is 10.2 Å². The van der Waals surface area contributed by atoms with Crippen molar-refractivity contribution in [2.45, 2.75) is 37.5 Å². The number of allylic oxidation sites excluding steroid dienone is 1. The number of aliphatic hydroxyl groups is 2. The first-order chi connectivity index (χ1) is 10.2. The number of aromatic nitrogens is 4. The van der Waals surface area contributed by atoms with Crippen molar-refractivity contribution in [3.8, 4) is 0 Å². The number of imidazole rings is 1. The van der Waals surface area contributed by atoms with Crippen molar-refractivity contribution in [2.75, 3.05) is 5.73 Å². The number of fused-ring (bicyclic) bond motifs is 2. The molecule has 2 aliphatic carbocycles. The third kappa shape index (κ3) is 1.77. The van der Waals surface area contributed by atoms with E-state index in [0.717, 1.165) is 12.0 Å². The highest BCUT2D eigenvalue weighted by atomic mass is 16.3. The van der Waals surface area contributed by atoms with Gasteiger partial charge in [0.25, 0.3) is 0 Å². The van der Waals surface area contributed by atoms with Crippen molar-refractivity contribution in [1.82, 2.24) is 19.5 Å². The van der Waals surface area contributed by atoms with E-state index in [1.165, 1.54) is 6.33 Å². The minimum atomic E-state index is -0.534. The van der Waals surface area contributed by atoms with Gasteiger partial charge in [-0.05, 0) is 24.8 Å². The Kier molecular flexibility index (Phi) is 2.73. The highest BCUT2D eigenvalue weighted by molar-refractivity contribution is 5.81. The fourth-order valence-corrected chi connectivity index (χ4v) is 3.68. The molecule has 0 aromatic carbocycles. The van der Waals surface area contributed by atoms with Gasteiger partial charge in [-0.25, -0.2) is 15.0 Å². The zero-order valence-corrected chi connectivity index (χ0v) is 11.4. The Morgan fingerprint density at radius 2 is 2.05 bits per heavy atom. The SMILES string of the molecule is Nc1ncnc2c1ncn2[C@H]1C[C@H](O)[C@@H]2C1=CCC[C@H]2O. The number of rotatable bonds is 1. The van der Waals surface area contributed by atoms with E-state index in [4.69, 9.17) is 5.73 Å². The molecule has 0 spiro atoms. The molecule has 4 N–H and O–H groups in total. The molecule has 110 valence electrons. The van der Waals surface area contributed by atoms with Crippen LogP contribution in [0.5, 0.6) is 0 Å². The second-order valence-electron chi connectivity index (χ2n) is 5.78. The average Bonchev–Trinajstić information content (AvgIpc) is 3.02. The standard InChI is InChI=1S/C14H17N5O2/c15-13-12-14(17-5-16-13)19(6-18-12)8-4-10(21)11-7(8)2-1-3-9(11)20/h2,5-6,8-11,20-21H,1,3-4H2,(H2,15,16,17)/t8-,9+,10-,11+/m0/s1. The fourth-order valence-electron chi connectivity index (χ4n) is 3.68. The van der Waals surface area contributed by atoms with Gasteiger partial charge in [0.2, 0.25) is 0 Å². The van der Waals surface area contributed by atoms with E-state index >= 15 is 0 Å². The summed E-state index contributed by atoms with van der Waals surface area (Å²) in [6.45, 7) is 0. The van der Waals surface area contributed by atoms with E-state index in [0.29, 0.717) is 29.8 Å². The van der Waals surface area contributed by atoms with Crippen LogP contribution in [0.1, 0.15) is 25.3 Å². The molecule has 0 amide bonds. The van der Waals surface area contributed by atoms with Crippen molar-refractivity contribution < 1.29 is 10.2 Å². The van der Waals surface area contributed by atoms with Gasteiger partial charge in [0, 0.05) is 5.92 Å². The maximum atomic E-state index is 10.3. The molecule has 7 nitrogen and oxygen atoms in total. The molecule has 2 heterocycles. The lowest BCUT2D eigenvalue weighted by Crippen LogP contribution is -2.30. The second-order valence-corrected chi connectivity index (χ2v) is 5.78. The maximum Gasteiger partial charge on any atom is 0.165 e. The van der Waals surface area contributed by atoms with Crippen molar-refractivity contribution in [3.05, 3.63) is 24.3 Å². The second kappa shape index (κ2) is 4.51. The number of nitrogen functional groups attached to an aromatic ring is 1. The van der Waals surface area contributed by atoms with Gasteiger partial charge in [0.15, 0.2) is 11.5 Å². The molecule has 0 bridgehead atoms. The fraction of sp³-hybridized carbons (Fsp3) is 0.500. The number of nitrogens with two attached hydrogens (primary N) is 1. The summed E-state index contributed by atoms with van der Waals surface area (Å²) in [7, 11) is 0. The molecule has 0 saturated heterocycles. The van der Waals surface area contributed by atoms with Crippen LogP contribution in [-0.2, 0) is 0 Å². The van der Waals surface area contributed by atoms with Crippen molar-refractivity contribution in [2.24, 2.45) is 5.92 Å². The zero-order valence-electron chi connectivity index (χ0n) is 11.4. The quantitative estimate of drug-likeness (QED) is 0.655. The summed E-state index contributed by atoms with van der Waals surface area (Å²) < 4.78 is 1.93. The first kappa shape index (κ1) is 12.7. The smallest absolute Gasteiger partial charge is 0.165 e. The Hall–Kier alpha value is -1.99. The van der Waals surface area contributed by atoms with Gasteiger partial charge in [-0.15, -0.1) is 0 Å². The summed E-state index contributed by atoms with van der Waals surface area (Å²) in [5.41, 5.74) is 8.14. The number of anilines is 1. The zero-order chi connectivity index (χ0) is 14.6. The minimum absolute atomic E-state index is 0.0285. The van der Waals surface area contributed by atoms with Gasteiger partial charge in [-0.3, -0.25) is 0 Å². The molecule has 2 aliphatic rings. The predicted octanol–water partition coefficient (Wildman–Crippen LogP) is 0.412. The van der Waals surface area contributed by atoms with Crippen LogP contribution in [0.4, 0.5) is 5.82 Å². The Morgan fingerprint density at radius 1 is 1.19 bits per heavy atom. The summed E-state index contributed by atoms with van der Waals surface area (Å²) >= 11 is 0. The monoisotopic (exact) mass is 287 g/mol. The first-order valence-corrected chi connectivity index (χ1v) is 7.16. The van der Waals surface area contributed by atoms with Gasteiger partial charge in [-0.2, -0.15) is 0 Å². The van der Waals surface area contributed by atoms with Crippen molar-refractivity contribution in [3.63, 3.8) is 0 Å². The van der Waals surface area contributed by atoms with E-state index in [-0.39, 0.29) is 12.0 Å². The van der Waals surface area contributed by atoms with Gasteiger partial charge < -0.3 is 20.5 Å². The highest BCUT2D eigenvalue weighted by Crippen LogP contribution is 2.46. The first-order valence-electron chi connectivity index (χ1n) is 7.16. The third-order valence-corrected chi connectivity index (χ3v) is 4.63. The van der Waals surface area contributed by atoms with Gasteiger partial charge in [0.05, 0.1) is 24.6 Å². The molecule has 0 aliphatic heterocycles. The molecule has 0 unspecified atom stereocenters. The molecule has 2 aromatic rings. The Labute approximate surface area is 121 Å². The normalized spacial score (nSPS) is 32.2. The van der Waals surface area contributed by atoms with Crippen molar-refractivity contribution in [1.29, 1.82) is 0 Å². The Bertz CT molecular complexity index is 725. The van der Waals surface area contributed by atoms with E-state index < -0.39 is 12.2 Å². The molecule has 1 saturated carbocycles. The molecule has 1 fully saturated rings. The van der Waals surface area contributed by atoms with E-state index in [1.807, 2.05) is 4.57 Å². The van der Waals surface area contributed by atoms with Gasteiger partial charge >= 0.3 is 0 Å². The van der Waals surface area contributed by atoms with E-state index in [2.05, 4.69) is 21.0 Å². The lowest BCUT2D eigenvalue weighted by Gasteiger charge is -2.27. The molecular weight excluding hydrogens is 270 g/mol. The van der Waals surface area contributed by atoms with Gasteiger partial charge in [-0.1, -0.05) is 6.08 Å². The molecule has 4 rings (SSSR count). The number of aliphatic hydroxyl groups excluding tert-OH is 2. The largest absolute Gasteiger partial charge is 0.392 e. The van der Waals surface area contributed by atoms with Crippen LogP contribution in [0.3, 0.4) is 0 Å². The summed E-state index contributed by atoms with van der Waals surface area (Å²) in [5, 5.41) is 20.4. The third-order valence-electron chi connectivity index (χ3n) is 4.63. The minimum Gasteiger partial charge on any atom is -0.392 e. The van der Waals surface area contributed by atoms with Crippen LogP contribution >= 0.6 is 0 Å². The topological polar surface area (TPSA) is 110 Å². The predicted molar refractivity (Wildman–Crippen MR) is 76.2 cm³/mol. The molecule has 7 heteroatoms. The van der Waals surface area contributed by atoms with Crippen molar-refractivity contribution >= 4 is 17.0 Å². The van der Waals surface area contributed by atoms with Crippen LogP contribution in [-0.4, -0.2) is 41.9 Å². The molecule has 0 radical (unpaired) electrons.